The average Bonchev–Trinajstić information content (AvgIpc) is 3.20. The van der Waals surface area contributed by atoms with Gasteiger partial charge in [0.1, 0.15) is 11.1 Å². The summed E-state index contributed by atoms with van der Waals surface area (Å²) < 4.78 is 5.34. The number of rotatable bonds is 5. The first-order chi connectivity index (χ1) is 14.0. The summed E-state index contributed by atoms with van der Waals surface area (Å²) in [6, 6.07) is 19.4. The third-order valence-corrected chi connectivity index (χ3v) is 4.99. The van der Waals surface area contributed by atoms with E-state index >= 15 is 0 Å². The van der Waals surface area contributed by atoms with Gasteiger partial charge in [-0.3, -0.25) is 4.79 Å². The quantitative estimate of drug-likeness (QED) is 0.641. The molecule has 1 amide bonds. The molecule has 29 heavy (non-hydrogen) atoms. The van der Waals surface area contributed by atoms with Crippen LogP contribution in [-0.2, 0) is 9.53 Å². The fraction of sp³-hybridized carbons (Fsp3) is 0.0909. The molecule has 3 aromatic rings. The van der Waals surface area contributed by atoms with Crippen molar-refractivity contribution in [1.29, 1.82) is 10.5 Å². The number of esters is 1. The van der Waals surface area contributed by atoms with Gasteiger partial charge in [-0.1, -0.05) is 36.4 Å². The van der Waals surface area contributed by atoms with Crippen molar-refractivity contribution >= 4 is 28.2 Å². The van der Waals surface area contributed by atoms with E-state index in [1.807, 2.05) is 6.07 Å². The zero-order valence-corrected chi connectivity index (χ0v) is 16.2. The maximum Gasteiger partial charge on any atom is 0.339 e. The van der Waals surface area contributed by atoms with Gasteiger partial charge in [-0.25, -0.2) is 4.79 Å². The minimum absolute atomic E-state index is 0.253. The Morgan fingerprint density at radius 3 is 2.34 bits per heavy atom. The van der Waals surface area contributed by atoms with Gasteiger partial charge in [0.15, 0.2) is 6.10 Å². The second-order valence-electron chi connectivity index (χ2n) is 6.01. The molecule has 3 rings (SSSR count). The predicted molar refractivity (Wildman–Crippen MR) is 109 cm³/mol. The van der Waals surface area contributed by atoms with Crippen LogP contribution in [0.4, 0.5) is 5.00 Å². The second-order valence-corrected chi connectivity index (χ2v) is 6.93. The highest BCUT2D eigenvalue weighted by Crippen LogP contribution is 2.28. The molecule has 0 aliphatic heterocycles. The summed E-state index contributed by atoms with van der Waals surface area (Å²) in [6.45, 7) is 1.46. The first-order valence-electron chi connectivity index (χ1n) is 8.63. The normalized spacial score (nSPS) is 11.0. The van der Waals surface area contributed by atoms with Gasteiger partial charge in [-0.05, 0) is 36.1 Å². The summed E-state index contributed by atoms with van der Waals surface area (Å²) >= 11 is 1.21. The van der Waals surface area contributed by atoms with Crippen LogP contribution in [0.2, 0.25) is 0 Å². The molecular formula is C22H15N3O3S. The lowest BCUT2D eigenvalue weighted by Crippen LogP contribution is -2.30. The van der Waals surface area contributed by atoms with Gasteiger partial charge in [0, 0.05) is 5.56 Å². The van der Waals surface area contributed by atoms with Crippen molar-refractivity contribution in [2.45, 2.75) is 13.0 Å². The van der Waals surface area contributed by atoms with Crippen molar-refractivity contribution in [3.05, 3.63) is 76.7 Å². The van der Waals surface area contributed by atoms with Crippen molar-refractivity contribution in [2.24, 2.45) is 0 Å². The number of ether oxygens (including phenoxy) is 1. The van der Waals surface area contributed by atoms with Crippen LogP contribution >= 0.6 is 11.3 Å². The largest absolute Gasteiger partial charge is 0.449 e. The van der Waals surface area contributed by atoms with E-state index in [1.54, 1.807) is 60.0 Å². The highest BCUT2D eigenvalue weighted by molar-refractivity contribution is 7.14. The zero-order chi connectivity index (χ0) is 20.8. The number of hydrogen-bond acceptors (Lipinski definition) is 6. The smallest absolute Gasteiger partial charge is 0.339 e. The van der Waals surface area contributed by atoms with Gasteiger partial charge >= 0.3 is 5.97 Å². The molecule has 0 unspecified atom stereocenters. The molecule has 0 aliphatic carbocycles. The molecule has 6 nitrogen and oxygen atoms in total. The number of nitrogens with one attached hydrogen (secondary N) is 1. The van der Waals surface area contributed by atoms with Crippen molar-refractivity contribution in [1.82, 2.24) is 0 Å². The highest BCUT2D eigenvalue weighted by atomic mass is 32.1. The van der Waals surface area contributed by atoms with Crippen LogP contribution in [0.1, 0.15) is 28.4 Å². The van der Waals surface area contributed by atoms with E-state index in [1.165, 1.54) is 18.3 Å². The van der Waals surface area contributed by atoms with Crippen molar-refractivity contribution in [3.63, 3.8) is 0 Å². The van der Waals surface area contributed by atoms with Gasteiger partial charge in [0.2, 0.25) is 0 Å². The number of nitriles is 2. The number of hydrogen-bond donors (Lipinski definition) is 1. The van der Waals surface area contributed by atoms with E-state index in [0.29, 0.717) is 27.3 Å². The molecule has 0 fully saturated rings. The van der Waals surface area contributed by atoms with Crippen LogP contribution < -0.4 is 5.32 Å². The Hall–Kier alpha value is -3.94. The molecule has 0 bridgehead atoms. The van der Waals surface area contributed by atoms with Crippen LogP contribution in [0, 0.1) is 22.7 Å². The molecule has 1 heterocycles. The number of nitrogens with zero attached hydrogens (tertiary/aromatic N) is 2. The van der Waals surface area contributed by atoms with Gasteiger partial charge in [0.25, 0.3) is 5.91 Å². The fourth-order valence-corrected chi connectivity index (χ4v) is 3.44. The van der Waals surface area contributed by atoms with E-state index in [0.717, 1.165) is 0 Å². The predicted octanol–water partition coefficient (Wildman–Crippen LogP) is 4.34. The third-order valence-electron chi connectivity index (χ3n) is 4.16. The molecule has 1 N–H and O–H groups in total. The first kappa shape index (κ1) is 19.8. The third kappa shape index (κ3) is 4.32. The maximum atomic E-state index is 12.7. The summed E-state index contributed by atoms with van der Waals surface area (Å²) in [4.78, 5) is 25.1. The maximum absolute atomic E-state index is 12.7. The molecule has 0 radical (unpaired) electrons. The van der Waals surface area contributed by atoms with Crippen molar-refractivity contribution in [2.75, 3.05) is 5.32 Å². The lowest BCUT2D eigenvalue weighted by atomic mass is 9.96. The standard InChI is InChI=1S/C22H15N3O3S/c1-14(20(26)25-21-16(13-24)10-11-29-21)28-22(27)19-9-5-4-8-18(19)17-7-3-2-6-15(17)12-23/h2-11,14H,1H3,(H,25,26)/t14-/m0/s1. The van der Waals surface area contributed by atoms with Gasteiger partial charge in [0.05, 0.1) is 22.8 Å². The molecule has 0 spiro atoms. The number of anilines is 1. The van der Waals surface area contributed by atoms with E-state index in [4.69, 9.17) is 10.00 Å². The Labute approximate surface area is 171 Å². The van der Waals surface area contributed by atoms with E-state index < -0.39 is 18.0 Å². The molecule has 7 heteroatoms. The number of thiophene rings is 1. The highest BCUT2D eigenvalue weighted by Gasteiger charge is 2.22. The van der Waals surface area contributed by atoms with Crippen LogP contribution in [0.25, 0.3) is 11.1 Å². The van der Waals surface area contributed by atoms with Gasteiger partial charge < -0.3 is 10.1 Å². The SMILES string of the molecule is C[C@H](OC(=O)c1ccccc1-c1ccccc1C#N)C(=O)Nc1sccc1C#N. The molecule has 0 saturated carbocycles. The number of carbonyl (C=O) groups excluding carboxylic acids is 2. The molecule has 0 aliphatic rings. The van der Waals surface area contributed by atoms with Crippen LogP contribution in [-0.4, -0.2) is 18.0 Å². The van der Waals surface area contributed by atoms with Crippen LogP contribution in [0.3, 0.4) is 0 Å². The summed E-state index contributed by atoms with van der Waals surface area (Å²) in [6.07, 6.45) is -1.07. The Kier molecular flexibility index (Phi) is 6.03. The van der Waals surface area contributed by atoms with E-state index in [-0.39, 0.29) is 5.56 Å². The van der Waals surface area contributed by atoms with Crippen LogP contribution in [0.15, 0.2) is 60.0 Å². The summed E-state index contributed by atoms with van der Waals surface area (Å²) in [5.74, 6) is -1.21. The number of carbonyl (C=O) groups is 2. The average molecular weight is 401 g/mol. The van der Waals surface area contributed by atoms with E-state index in [2.05, 4.69) is 11.4 Å². The van der Waals surface area contributed by atoms with E-state index in [9.17, 15) is 14.9 Å². The Morgan fingerprint density at radius 1 is 0.966 bits per heavy atom. The van der Waals surface area contributed by atoms with Gasteiger partial charge in [-0.15, -0.1) is 11.3 Å². The molecule has 2 aromatic carbocycles. The minimum atomic E-state index is -1.07. The summed E-state index contributed by atoms with van der Waals surface area (Å²) in [7, 11) is 0. The zero-order valence-electron chi connectivity index (χ0n) is 15.4. The molecule has 1 aromatic heterocycles. The van der Waals surface area contributed by atoms with Crippen molar-refractivity contribution < 1.29 is 14.3 Å². The Bertz CT molecular complexity index is 1150. The number of benzene rings is 2. The minimum Gasteiger partial charge on any atom is -0.449 e. The molecule has 1 atom stereocenters. The molecule has 0 saturated heterocycles. The Balaban J connectivity index is 1.80. The first-order valence-corrected chi connectivity index (χ1v) is 9.51. The van der Waals surface area contributed by atoms with Crippen molar-refractivity contribution in [3.8, 4) is 23.3 Å². The van der Waals surface area contributed by atoms with Crippen LogP contribution in [0.5, 0.6) is 0 Å². The lowest BCUT2D eigenvalue weighted by molar-refractivity contribution is -0.123. The van der Waals surface area contributed by atoms with Gasteiger partial charge in [-0.2, -0.15) is 10.5 Å². The fourth-order valence-electron chi connectivity index (χ4n) is 2.70. The Morgan fingerprint density at radius 2 is 1.62 bits per heavy atom. The molecule has 142 valence electrons. The second kappa shape index (κ2) is 8.83. The topological polar surface area (TPSA) is 103 Å². The number of amides is 1. The summed E-state index contributed by atoms with van der Waals surface area (Å²) in [5, 5.41) is 23.1. The summed E-state index contributed by atoms with van der Waals surface area (Å²) in [5.41, 5.74) is 2.19. The lowest BCUT2D eigenvalue weighted by Gasteiger charge is -2.15. The molecular weight excluding hydrogens is 386 g/mol. The monoisotopic (exact) mass is 401 g/mol.